The van der Waals surface area contributed by atoms with E-state index >= 15 is 0 Å². The number of carbonyl (C=O) groups is 1. The summed E-state index contributed by atoms with van der Waals surface area (Å²) in [5.74, 6) is -1.12. The second-order valence-electron chi connectivity index (χ2n) is 5.19. The van der Waals surface area contributed by atoms with Crippen LogP contribution >= 0.6 is 7.60 Å². The fraction of sp³-hybridized carbons (Fsp3) is 0.625. The molecule has 1 aromatic rings. The Morgan fingerprint density at radius 3 is 2.48 bits per heavy atom. The van der Waals surface area contributed by atoms with Crippen LogP contribution in [0.3, 0.4) is 0 Å². The summed E-state index contributed by atoms with van der Waals surface area (Å²) in [6.07, 6.45) is 7.22. The zero-order valence-corrected chi connectivity index (χ0v) is 14.7. The minimum absolute atomic E-state index is 0.169. The lowest BCUT2D eigenvalue weighted by Gasteiger charge is -2.23. The molecule has 23 heavy (non-hydrogen) atoms. The summed E-state index contributed by atoms with van der Waals surface area (Å²) in [5.41, 5.74) is 0.0670. The number of aliphatic carboxylic acids is 1. The van der Waals surface area contributed by atoms with Gasteiger partial charge >= 0.3 is 13.6 Å². The topological polar surface area (TPSA) is 85.7 Å². The third-order valence-corrected chi connectivity index (χ3v) is 5.93. The van der Waals surface area contributed by atoms with Crippen molar-refractivity contribution in [3.63, 3.8) is 0 Å². The van der Waals surface area contributed by atoms with Gasteiger partial charge in [-0.1, -0.05) is 18.9 Å². The maximum absolute atomic E-state index is 12.6. The highest BCUT2D eigenvalue weighted by Crippen LogP contribution is 2.54. The zero-order valence-electron chi connectivity index (χ0n) is 13.8. The minimum atomic E-state index is -3.60. The normalized spacial score (nSPS) is 13.0. The van der Waals surface area contributed by atoms with Gasteiger partial charge in [-0.2, -0.15) is 0 Å². The van der Waals surface area contributed by atoms with E-state index in [1.165, 1.54) is 0 Å². The molecule has 1 heterocycles. The first-order valence-electron chi connectivity index (χ1n) is 8.04. The summed E-state index contributed by atoms with van der Waals surface area (Å²) >= 11 is 0. The van der Waals surface area contributed by atoms with Crippen LogP contribution in [0.25, 0.3) is 0 Å². The van der Waals surface area contributed by atoms with Gasteiger partial charge in [0.25, 0.3) is 0 Å². The Balaban J connectivity index is 2.46. The molecule has 130 valence electrons. The fourth-order valence-corrected chi connectivity index (χ4v) is 4.31. The molecule has 0 aromatic carbocycles. The van der Waals surface area contributed by atoms with E-state index < -0.39 is 19.2 Å². The van der Waals surface area contributed by atoms with Crippen molar-refractivity contribution in [2.24, 2.45) is 0 Å². The lowest BCUT2D eigenvalue weighted by molar-refractivity contribution is -0.137. The molecule has 1 aromatic heterocycles. The number of hydrogen-bond acceptors (Lipinski definition) is 5. The number of pyridine rings is 1. The lowest BCUT2D eigenvalue weighted by atomic mass is 10.1. The summed E-state index contributed by atoms with van der Waals surface area (Å²) in [4.78, 5) is 15.5. The molecule has 0 aliphatic carbocycles. The average Bonchev–Trinajstić information content (AvgIpc) is 2.51. The molecule has 0 amide bonds. The Morgan fingerprint density at radius 2 is 1.96 bits per heavy atom. The molecule has 0 fully saturated rings. The number of nitrogens with zero attached hydrogens (tertiary/aromatic N) is 1. The molecule has 0 unspecified atom stereocenters. The Hall–Kier alpha value is -1.23. The molecule has 1 N–H and O–H groups in total. The summed E-state index contributed by atoms with van der Waals surface area (Å²) in [6.45, 7) is 3.70. The maximum atomic E-state index is 12.6. The van der Waals surface area contributed by atoms with E-state index in [1.807, 2.05) is 18.3 Å². The van der Waals surface area contributed by atoms with Gasteiger partial charge in [-0.05, 0) is 44.7 Å². The van der Waals surface area contributed by atoms with Crippen LogP contribution in [0.5, 0.6) is 0 Å². The van der Waals surface area contributed by atoms with Gasteiger partial charge in [0.1, 0.15) is 0 Å². The van der Waals surface area contributed by atoms with Crippen molar-refractivity contribution in [1.82, 2.24) is 4.98 Å². The molecule has 1 rings (SSSR count). The van der Waals surface area contributed by atoms with Crippen molar-refractivity contribution in [2.45, 2.75) is 51.6 Å². The van der Waals surface area contributed by atoms with Crippen LogP contribution in [0, 0.1) is 0 Å². The van der Waals surface area contributed by atoms with Crippen molar-refractivity contribution in [3.05, 3.63) is 30.1 Å². The molecule has 0 radical (unpaired) electrons. The second kappa shape index (κ2) is 10.5. The molecular weight excluding hydrogens is 317 g/mol. The van der Waals surface area contributed by atoms with Crippen LogP contribution in [-0.4, -0.2) is 34.9 Å². The molecular formula is C16H26NO5P. The fourth-order valence-electron chi connectivity index (χ4n) is 2.38. The molecule has 0 aliphatic rings. The van der Waals surface area contributed by atoms with E-state index in [0.717, 1.165) is 24.8 Å². The summed E-state index contributed by atoms with van der Waals surface area (Å²) in [5, 5.41) is 9.36. The van der Waals surface area contributed by atoms with E-state index in [1.54, 1.807) is 20.0 Å². The first kappa shape index (κ1) is 19.8. The van der Waals surface area contributed by atoms with Crippen LogP contribution in [0.1, 0.15) is 45.1 Å². The molecule has 0 bridgehead atoms. The second-order valence-corrected chi connectivity index (χ2v) is 7.41. The monoisotopic (exact) mass is 343 g/mol. The molecule has 1 atom stereocenters. The highest BCUT2D eigenvalue weighted by Gasteiger charge is 2.40. The molecule has 0 saturated heterocycles. The van der Waals surface area contributed by atoms with Crippen LogP contribution in [0.2, 0.25) is 0 Å². The van der Waals surface area contributed by atoms with Gasteiger partial charge in [0.2, 0.25) is 0 Å². The smallest absolute Gasteiger partial charge is 0.344 e. The number of rotatable bonds is 12. The number of unbranched alkanes of at least 4 members (excludes halogenated alkanes) is 2. The maximum Gasteiger partial charge on any atom is 0.344 e. The van der Waals surface area contributed by atoms with E-state index in [0.29, 0.717) is 12.8 Å². The van der Waals surface area contributed by atoms with Crippen molar-refractivity contribution in [3.8, 4) is 0 Å². The van der Waals surface area contributed by atoms with E-state index in [4.69, 9.17) is 9.05 Å². The Morgan fingerprint density at radius 1 is 1.26 bits per heavy atom. The summed E-state index contributed by atoms with van der Waals surface area (Å²) < 4.78 is 22.9. The van der Waals surface area contributed by atoms with Crippen molar-refractivity contribution in [2.75, 3.05) is 13.2 Å². The third-order valence-electron chi connectivity index (χ3n) is 3.45. The lowest BCUT2D eigenvalue weighted by Crippen LogP contribution is -2.23. The van der Waals surface area contributed by atoms with Crippen LogP contribution < -0.4 is 0 Å². The van der Waals surface area contributed by atoms with Gasteiger partial charge in [-0.15, -0.1) is 0 Å². The van der Waals surface area contributed by atoms with Gasteiger partial charge < -0.3 is 14.2 Å². The first-order valence-corrected chi connectivity index (χ1v) is 9.65. The van der Waals surface area contributed by atoms with Gasteiger partial charge in [0, 0.05) is 12.4 Å². The SMILES string of the molecule is CCOP(=O)(OCC)[C@H](CCCCCc1cccnc1)C(=O)O. The van der Waals surface area contributed by atoms with Crippen LogP contribution in [-0.2, 0) is 24.8 Å². The highest BCUT2D eigenvalue weighted by atomic mass is 31.2. The van der Waals surface area contributed by atoms with Crippen LogP contribution in [0.4, 0.5) is 0 Å². The standard InChI is InChI=1S/C16H26NO5P/c1-3-21-23(20,22-4-2)15(16(18)19)11-7-5-6-9-14-10-8-12-17-13-14/h8,10,12-13,15H,3-7,9,11H2,1-2H3,(H,18,19)/t15-/m1/s1. The van der Waals surface area contributed by atoms with Gasteiger partial charge in [-0.25, -0.2) is 0 Å². The molecule has 6 nitrogen and oxygen atoms in total. The zero-order chi connectivity index (χ0) is 17.1. The molecule has 7 heteroatoms. The average molecular weight is 343 g/mol. The predicted molar refractivity (Wildman–Crippen MR) is 88.7 cm³/mol. The number of carboxylic acid groups (broad SMARTS) is 1. The van der Waals surface area contributed by atoms with Crippen LogP contribution in [0.15, 0.2) is 24.5 Å². The van der Waals surface area contributed by atoms with E-state index in [2.05, 4.69) is 4.98 Å². The molecule has 0 spiro atoms. The van der Waals surface area contributed by atoms with E-state index in [-0.39, 0.29) is 13.2 Å². The first-order chi connectivity index (χ1) is 11.0. The van der Waals surface area contributed by atoms with Gasteiger partial charge in [0.15, 0.2) is 5.66 Å². The number of carboxylic acids is 1. The number of hydrogen-bond donors (Lipinski definition) is 1. The largest absolute Gasteiger partial charge is 0.481 e. The predicted octanol–water partition coefficient (Wildman–Crippen LogP) is 3.90. The quantitative estimate of drug-likeness (QED) is 0.457. The van der Waals surface area contributed by atoms with Gasteiger partial charge in [-0.3, -0.25) is 14.3 Å². The minimum Gasteiger partial charge on any atom is -0.481 e. The summed E-state index contributed by atoms with van der Waals surface area (Å²) in [7, 11) is -3.60. The third kappa shape index (κ3) is 6.81. The number of aryl methyl sites for hydroxylation is 1. The molecule has 0 saturated carbocycles. The summed E-state index contributed by atoms with van der Waals surface area (Å²) in [6, 6.07) is 3.92. The Labute approximate surface area is 137 Å². The Kier molecular flexibility index (Phi) is 9.07. The van der Waals surface area contributed by atoms with E-state index in [9.17, 15) is 14.5 Å². The number of aromatic nitrogens is 1. The van der Waals surface area contributed by atoms with Crippen molar-refractivity contribution in [1.29, 1.82) is 0 Å². The van der Waals surface area contributed by atoms with Gasteiger partial charge in [0.05, 0.1) is 13.2 Å². The highest BCUT2D eigenvalue weighted by molar-refractivity contribution is 7.55. The molecule has 0 aliphatic heterocycles. The Bertz CT molecular complexity index is 498. The van der Waals surface area contributed by atoms with Crippen molar-refractivity contribution >= 4 is 13.6 Å². The van der Waals surface area contributed by atoms with Crippen molar-refractivity contribution < 1.29 is 23.5 Å².